The first-order valence-electron chi connectivity index (χ1n) is 6.02. The summed E-state index contributed by atoms with van der Waals surface area (Å²) >= 11 is 0. The summed E-state index contributed by atoms with van der Waals surface area (Å²) < 4.78 is 12.6. The molecule has 3 N–H and O–H groups in total. The lowest BCUT2D eigenvalue weighted by Crippen LogP contribution is -2.29. The highest BCUT2D eigenvalue weighted by Gasteiger charge is 2.10. The van der Waals surface area contributed by atoms with Gasteiger partial charge in [-0.25, -0.2) is 9.18 Å². The molecule has 2 amide bonds. The SMILES string of the molecule is CC(CCCNC(=O)Nc1ccc(F)cc1)C(=O)O. The molecule has 1 atom stereocenters. The van der Waals surface area contributed by atoms with Gasteiger partial charge in [0.15, 0.2) is 0 Å². The van der Waals surface area contributed by atoms with Crippen molar-refractivity contribution >= 4 is 17.7 Å². The number of benzene rings is 1. The van der Waals surface area contributed by atoms with E-state index in [4.69, 9.17) is 5.11 Å². The van der Waals surface area contributed by atoms with Crippen LogP contribution in [0.2, 0.25) is 0 Å². The molecule has 19 heavy (non-hydrogen) atoms. The maximum absolute atomic E-state index is 12.6. The molecule has 1 rings (SSSR count). The third-order valence-electron chi connectivity index (χ3n) is 2.62. The van der Waals surface area contributed by atoms with Gasteiger partial charge in [-0.15, -0.1) is 0 Å². The summed E-state index contributed by atoms with van der Waals surface area (Å²) in [6, 6.07) is 5.03. The predicted molar refractivity (Wildman–Crippen MR) is 69.5 cm³/mol. The van der Waals surface area contributed by atoms with E-state index in [1.807, 2.05) is 0 Å². The number of carbonyl (C=O) groups is 2. The van der Waals surface area contributed by atoms with E-state index in [1.54, 1.807) is 6.92 Å². The van der Waals surface area contributed by atoms with Crippen molar-refractivity contribution in [2.45, 2.75) is 19.8 Å². The molecule has 0 saturated carbocycles. The van der Waals surface area contributed by atoms with Crippen LogP contribution in [-0.4, -0.2) is 23.7 Å². The first-order valence-corrected chi connectivity index (χ1v) is 6.02. The van der Waals surface area contributed by atoms with E-state index in [0.717, 1.165) is 0 Å². The van der Waals surface area contributed by atoms with Gasteiger partial charge in [0.25, 0.3) is 0 Å². The van der Waals surface area contributed by atoms with Crippen LogP contribution in [0.5, 0.6) is 0 Å². The van der Waals surface area contributed by atoms with Crippen LogP contribution in [0.25, 0.3) is 0 Å². The Balaban J connectivity index is 2.21. The Kier molecular flexibility index (Phi) is 5.78. The van der Waals surface area contributed by atoms with E-state index in [0.29, 0.717) is 25.1 Å². The van der Waals surface area contributed by atoms with Gasteiger partial charge in [0.2, 0.25) is 0 Å². The van der Waals surface area contributed by atoms with Crippen molar-refractivity contribution in [1.82, 2.24) is 5.32 Å². The molecule has 0 aliphatic heterocycles. The monoisotopic (exact) mass is 268 g/mol. The molecular formula is C13H17FN2O3. The highest BCUT2D eigenvalue weighted by molar-refractivity contribution is 5.89. The van der Waals surface area contributed by atoms with Crippen molar-refractivity contribution in [2.24, 2.45) is 5.92 Å². The van der Waals surface area contributed by atoms with Crippen molar-refractivity contribution < 1.29 is 19.1 Å². The Labute approximate surface area is 110 Å². The lowest BCUT2D eigenvalue weighted by molar-refractivity contribution is -0.141. The molecule has 0 saturated heterocycles. The van der Waals surface area contributed by atoms with Crippen molar-refractivity contribution in [1.29, 1.82) is 0 Å². The zero-order chi connectivity index (χ0) is 14.3. The molecule has 104 valence electrons. The standard InChI is InChI=1S/C13H17FN2O3/c1-9(12(17)18)3-2-8-15-13(19)16-11-6-4-10(14)5-7-11/h4-7,9H,2-3,8H2,1H3,(H,17,18)(H2,15,16,19). The number of nitrogens with one attached hydrogen (secondary N) is 2. The van der Waals surface area contributed by atoms with Gasteiger partial charge in [0, 0.05) is 12.2 Å². The maximum atomic E-state index is 12.6. The van der Waals surface area contributed by atoms with Gasteiger partial charge in [-0.3, -0.25) is 4.79 Å². The summed E-state index contributed by atoms with van der Waals surface area (Å²) in [7, 11) is 0. The second-order valence-corrected chi connectivity index (χ2v) is 4.27. The van der Waals surface area contributed by atoms with Gasteiger partial charge in [-0.2, -0.15) is 0 Å². The molecule has 0 heterocycles. The van der Waals surface area contributed by atoms with Crippen LogP contribution in [0.15, 0.2) is 24.3 Å². The fraction of sp³-hybridized carbons (Fsp3) is 0.385. The number of carbonyl (C=O) groups excluding carboxylic acids is 1. The number of aliphatic carboxylic acids is 1. The number of amides is 2. The minimum absolute atomic E-state index is 0.367. The largest absolute Gasteiger partial charge is 0.481 e. The lowest BCUT2D eigenvalue weighted by atomic mass is 10.1. The van der Waals surface area contributed by atoms with Crippen LogP contribution in [0.1, 0.15) is 19.8 Å². The Morgan fingerprint density at radius 1 is 1.32 bits per heavy atom. The van der Waals surface area contributed by atoms with Crippen molar-refractivity contribution in [3.05, 3.63) is 30.1 Å². The Morgan fingerprint density at radius 3 is 2.53 bits per heavy atom. The molecular weight excluding hydrogens is 251 g/mol. The predicted octanol–water partition coefficient (Wildman–Crippen LogP) is 2.45. The molecule has 0 radical (unpaired) electrons. The zero-order valence-electron chi connectivity index (χ0n) is 10.6. The second kappa shape index (κ2) is 7.35. The van der Waals surface area contributed by atoms with E-state index in [2.05, 4.69) is 10.6 Å². The smallest absolute Gasteiger partial charge is 0.319 e. The quantitative estimate of drug-likeness (QED) is 0.693. The van der Waals surface area contributed by atoms with Gasteiger partial charge in [0.1, 0.15) is 5.82 Å². The van der Waals surface area contributed by atoms with E-state index in [9.17, 15) is 14.0 Å². The molecule has 1 aromatic rings. The Bertz CT molecular complexity index is 434. The topological polar surface area (TPSA) is 78.4 Å². The molecule has 1 aromatic carbocycles. The molecule has 1 unspecified atom stereocenters. The second-order valence-electron chi connectivity index (χ2n) is 4.27. The highest BCUT2D eigenvalue weighted by atomic mass is 19.1. The summed E-state index contributed by atoms with van der Waals surface area (Å²) in [6.45, 7) is 2.02. The third-order valence-corrected chi connectivity index (χ3v) is 2.62. The van der Waals surface area contributed by atoms with Crippen LogP contribution in [0.3, 0.4) is 0 Å². The number of rotatable bonds is 6. The molecule has 0 aromatic heterocycles. The molecule has 0 aliphatic rings. The first kappa shape index (κ1) is 14.9. The lowest BCUT2D eigenvalue weighted by Gasteiger charge is -2.08. The fourth-order valence-electron chi connectivity index (χ4n) is 1.44. The normalized spacial score (nSPS) is 11.7. The Morgan fingerprint density at radius 2 is 1.95 bits per heavy atom. The minimum Gasteiger partial charge on any atom is -0.481 e. The van der Waals surface area contributed by atoms with E-state index in [-0.39, 0.29) is 5.82 Å². The van der Waals surface area contributed by atoms with E-state index < -0.39 is 17.9 Å². The summed E-state index contributed by atoms with van der Waals surface area (Å²) in [4.78, 5) is 22.0. The number of carboxylic acid groups (broad SMARTS) is 1. The number of hydrogen-bond acceptors (Lipinski definition) is 2. The van der Waals surface area contributed by atoms with Gasteiger partial charge >= 0.3 is 12.0 Å². The van der Waals surface area contributed by atoms with Crippen molar-refractivity contribution in [3.8, 4) is 0 Å². The average Bonchev–Trinajstić information content (AvgIpc) is 2.37. The first-order chi connectivity index (χ1) is 8.99. The fourth-order valence-corrected chi connectivity index (χ4v) is 1.44. The third kappa shape index (κ3) is 5.85. The number of urea groups is 1. The van der Waals surface area contributed by atoms with Crippen LogP contribution >= 0.6 is 0 Å². The van der Waals surface area contributed by atoms with Crippen LogP contribution < -0.4 is 10.6 Å². The molecule has 0 aliphatic carbocycles. The number of halogens is 1. The molecule has 0 bridgehead atoms. The van der Waals surface area contributed by atoms with E-state index in [1.165, 1.54) is 24.3 Å². The van der Waals surface area contributed by atoms with Crippen LogP contribution in [-0.2, 0) is 4.79 Å². The number of hydrogen-bond donors (Lipinski definition) is 3. The van der Waals surface area contributed by atoms with Crippen LogP contribution in [0, 0.1) is 11.7 Å². The number of carboxylic acids is 1. The Hall–Kier alpha value is -2.11. The van der Waals surface area contributed by atoms with Crippen molar-refractivity contribution in [2.75, 3.05) is 11.9 Å². The molecule has 6 heteroatoms. The van der Waals surface area contributed by atoms with Gasteiger partial charge in [-0.1, -0.05) is 6.92 Å². The zero-order valence-corrected chi connectivity index (χ0v) is 10.6. The highest BCUT2D eigenvalue weighted by Crippen LogP contribution is 2.08. The maximum Gasteiger partial charge on any atom is 0.319 e. The summed E-state index contributed by atoms with van der Waals surface area (Å²) in [5.74, 6) is -1.62. The molecule has 0 spiro atoms. The molecule has 5 nitrogen and oxygen atoms in total. The van der Waals surface area contributed by atoms with Gasteiger partial charge in [0.05, 0.1) is 5.92 Å². The van der Waals surface area contributed by atoms with Gasteiger partial charge < -0.3 is 15.7 Å². The molecule has 0 fully saturated rings. The number of anilines is 1. The summed E-state index contributed by atoms with van der Waals surface area (Å²) in [6.07, 6.45) is 1.09. The summed E-state index contributed by atoms with van der Waals surface area (Å²) in [5.41, 5.74) is 0.498. The van der Waals surface area contributed by atoms with Gasteiger partial charge in [-0.05, 0) is 37.1 Å². The summed E-state index contributed by atoms with van der Waals surface area (Å²) in [5, 5.41) is 13.8. The average molecular weight is 268 g/mol. The van der Waals surface area contributed by atoms with Crippen LogP contribution in [0.4, 0.5) is 14.9 Å². The minimum atomic E-state index is -0.837. The van der Waals surface area contributed by atoms with E-state index >= 15 is 0 Å². The van der Waals surface area contributed by atoms with Crippen molar-refractivity contribution in [3.63, 3.8) is 0 Å².